The summed E-state index contributed by atoms with van der Waals surface area (Å²) in [5.74, 6) is -0.281. The molecule has 0 radical (unpaired) electrons. The van der Waals surface area contributed by atoms with Gasteiger partial charge in [-0.15, -0.1) is 0 Å². The number of primary amides is 1. The van der Waals surface area contributed by atoms with Crippen LogP contribution in [0, 0.1) is 0 Å². The fourth-order valence-corrected chi connectivity index (χ4v) is 1.29. The standard InChI is InChI=1S/C10H20N2O/c1-4-9(10(11)13)8(3)6-7-12-5-2/h12H,4-7H2,1-3H3,(H2,11,13). The average Bonchev–Trinajstić information content (AvgIpc) is 2.05. The number of nitrogens with one attached hydrogen (secondary N) is 1. The highest BCUT2D eigenvalue weighted by Crippen LogP contribution is 2.10. The van der Waals surface area contributed by atoms with Crippen LogP contribution >= 0.6 is 0 Å². The fourth-order valence-electron chi connectivity index (χ4n) is 1.29. The second-order valence-corrected chi connectivity index (χ2v) is 3.08. The number of nitrogens with two attached hydrogens (primary N) is 1. The molecule has 0 aliphatic rings. The highest BCUT2D eigenvalue weighted by molar-refractivity contribution is 5.92. The molecule has 76 valence electrons. The topological polar surface area (TPSA) is 55.1 Å². The van der Waals surface area contributed by atoms with E-state index in [1.807, 2.05) is 13.8 Å². The van der Waals surface area contributed by atoms with Crippen LogP contribution in [-0.2, 0) is 4.79 Å². The van der Waals surface area contributed by atoms with Gasteiger partial charge in [0.15, 0.2) is 0 Å². The Kier molecular flexibility index (Phi) is 6.24. The molecule has 3 N–H and O–H groups in total. The van der Waals surface area contributed by atoms with Crippen molar-refractivity contribution in [3.8, 4) is 0 Å². The van der Waals surface area contributed by atoms with Crippen molar-refractivity contribution in [3.63, 3.8) is 0 Å². The maximum atomic E-state index is 10.9. The number of hydrogen-bond donors (Lipinski definition) is 2. The zero-order valence-corrected chi connectivity index (χ0v) is 8.81. The monoisotopic (exact) mass is 184 g/mol. The quantitative estimate of drug-likeness (QED) is 0.481. The Bertz CT molecular complexity index is 197. The molecule has 0 aromatic rings. The first kappa shape index (κ1) is 12.2. The van der Waals surface area contributed by atoms with Gasteiger partial charge in [-0.05, 0) is 32.9 Å². The van der Waals surface area contributed by atoms with Crippen molar-refractivity contribution in [1.82, 2.24) is 5.32 Å². The van der Waals surface area contributed by atoms with Gasteiger partial charge in [0.2, 0.25) is 5.91 Å². The third-order valence-electron chi connectivity index (χ3n) is 2.09. The summed E-state index contributed by atoms with van der Waals surface area (Å²) in [6.07, 6.45) is 1.63. The molecule has 0 bridgehead atoms. The van der Waals surface area contributed by atoms with E-state index in [1.54, 1.807) is 0 Å². The van der Waals surface area contributed by atoms with E-state index >= 15 is 0 Å². The summed E-state index contributed by atoms with van der Waals surface area (Å²) in [6, 6.07) is 0. The molecule has 0 fully saturated rings. The normalized spacial score (nSPS) is 12.5. The summed E-state index contributed by atoms with van der Waals surface area (Å²) in [7, 11) is 0. The zero-order chi connectivity index (χ0) is 10.3. The van der Waals surface area contributed by atoms with E-state index in [1.165, 1.54) is 0 Å². The van der Waals surface area contributed by atoms with Crippen LogP contribution in [0.1, 0.15) is 33.6 Å². The molecule has 0 aromatic heterocycles. The van der Waals surface area contributed by atoms with Gasteiger partial charge in [-0.3, -0.25) is 4.79 Å². The molecule has 0 aromatic carbocycles. The van der Waals surface area contributed by atoms with Crippen LogP contribution in [-0.4, -0.2) is 19.0 Å². The number of carbonyl (C=O) groups excluding carboxylic acids is 1. The average molecular weight is 184 g/mol. The lowest BCUT2D eigenvalue weighted by molar-refractivity contribution is -0.114. The second-order valence-electron chi connectivity index (χ2n) is 3.08. The van der Waals surface area contributed by atoms with Gasteiger partial charge in [-0.25, -0.2) is 0 Å². The lowest BCUT2D eigenvalue weighted by Gasteiger charge is -2.07. The number of amides is 1. The molecule has 0 unspecified atom stereocenters. The summed E-state index contributed by atoms with van der Waals surface area (Å²) in [6.45, 7) is 7.87. The van der Waals surface area contributed by atoms with Crippen LogP contribution in [0.2, 0.25) is 0 Å². The molecule has 13 heavy (non-hydrogen) atoms. The van der Waals surface area contributed by atoms with Crippen LogP contribution in [0.25, 0.3) is 0 Å². The van der Waals surface area contributed by atoms with Gasteiger partial charge in [-0.2, -0.15) is 0 Å². The highest BCUT2D eigenvalue weighted by Gasteiger charge is 2.05. The van der Waals surface area contributed by atoms with Gasteiger partial charge >= 0.3 is 0 Å². The van der Waals surface area contributed by atoms with Crippen molar-refractivity contribution in [2.75, 3.05) is 13.1 Å². The Hall–Kier alpha value is -0.830. The van der Waals surface area contributed by atoms with Gasteiger partial charge < -0.3 is 11.1 Å². The molecule has 3 nitrogen and oxygen atoms in total. The maximum absolute atomic E-state index is 10.9. The van der Waals surface area contributed by atoms with Crippen molar-refractivity contribution in [1.29, 1.82) is 0 Å². The van der Waals surface area contributed by atoms with Gasteiger partial charge in [0.25, 0.3) is 0 Å². The predicted octanol–water partition coefficient (Wildman–Crippen LogP) is 1.20. The van der Waals surface area contributed by atoms with E-state index in [9.17, 15) is 4.79 Å². The summed E-state index contributed by atoms with van der Waals surface area (Å²) >= 11 is 0. The number of rotatable bonds is 6. The predicted molar refractivity (Wildman–Crippen MR) is 55.3 cm³/mol. The number of carbonyl (C=O) groups is 1. The van der Waals surface area contributed by atoms with Crippen LogP contribution < -0.4 is 11.1 Å². The Morgan fingerprint density at radius 3 is 2.38 bits per heavy atom. The fraction of sp³-hybridized carbons (Fsp3) is 0.700. The Balaban J connectivity index is 4.14. The van der Waals surface area contributed by atoms with Gasteiger partial charge in [0.1, 0.15) is 0 Å². The molecule has 0 saturated heterocycles. The Morgan fingerprint density at radius 2 is 2.00 bits per heavy atom. The first-order valence-corrected chi connectivity index (χ1v) is 4.82. The summed E-state index contributed by atoms with van der Waals surface area (Å²) in [5, 5.41) is 3.21. The van der Waals surface area contributed by atoms with Crippen LogP contribution in [0.4, 0.5) is 0 Å². The van der Waals surface area contributed by atoms with E-state index in [4.69, 9.17) is 5.73 Å². The van der Waals surface area contributed by atoms with Crippen molar-refractivity contribution < 1.29 is 4.79 Å². The highest BCUT2D eigenvalue weighted by atomic mass is 16.1. The molecule has 0 spiro atoms. The van der Waals surface area contributed by atoms with E-state index < -0.39 is 0 Å². The van der Waals surface area contributed by atoms with Crippen LogP contribution in [0.3, 0.4) is 0 Å². The zero-order valence-electron chi connectivity index (χ0n) is 8.81. The molecule has 0 saturated carbocycles. The van der Waals surface area contributed by atoms with E-state index in [2.05, 4.69) is 12.2 Å². The van der Waals surface area contributed by atoms with Crippen molar-refractivity contribution in [2.45, 2.75) is 33.6 Å². The van der Waals surface area contributed by atoms with Crippen molar-refractivity contribution in [3.05, 3.63) is 11.1 Å². The van der Waals surface area contributed by atoms with Gasteiger partial charge in [-0.1, -0.05) is 19.4 Å². The summed E-state index contributed by atoms with van der Waals surface area (Å²) < 4.78 is 0. The second kappa shape index (κ2) is 6.66. The largest absolute Gasteiger partial charge is 0.366 e. The molecule has 0 aliphatic heterocycles. The molecule has 0 rings (SSSR count). The van der Waals surface area contributed by atoms with E-state index in [-0.39, 0.29) is 5.91 Å². The van der Waals surface area contributed by atoms with Crippen molar-refractivity contribution >= 4 is 5.91 Å². The molecule has 0 heterocycles. The SMILES string of the molecule is CCNCCC(C)=C(CC)C(N)=O. The lowest BCUT2D eigenvalue weighted by Crippen LogP contribution is -2.18. The van der Waals surface area contributed by atoms with Crippen molar-refractivity contribution in [2.24, 2.45) is 5.73 Å². The van der Waals surface area contributed by atoms with E-state index in [0.717, 1.165) is 37.1 Å². The molecular weight excluding hydrogens is 164 g/mol. The smallest absolute Gasteiger partial charge is 0.244 e. The third kappa shape index (κ3) is 4.68. The maximum Gasteiger partial charge on any atom is 0.244 e. The number of hydrogen-bond acceptors (Lipinski definition) is 2. The lowest BCUT2D eigenvalue weighted by atomic mass is 10.0. The van der Waals surface area contributed by atoms with Gasteiger partial charge in [0.05, 0.1) is 0 Å². The van der Waals surface area contributed by atoms with E-state index in [0.29, 0.717) is 0 Å². The Morgan fingerprint density at radius 1 is 1.38 bits per heavy atom. The first-order valence-electron chi connectivity index (χ1n) is 4.82. The molecule has 0 atom stereocenters. The van der Waals surface area contributed by atoms with Gasteiger partial charge in [0, 0.05) is 5.57 Å². The Labute approximate surface area is 80.4 Å². The summed E-state index contributed by atoms with van der Waals surface area (Å²) in [4.78, 5) is 10.9. The molecule has 1 amide bonds. The van der Waals surface area contributed by atoms with Crippen LogP contribution in [0.5, 0.6) is 0 Å². The van der Waals surface area contributed by atoms with Crippen LogP contribution in [0.15, 0.2) is 11.1 Å². The molecule has 3 heteroatoms. The molecule has 0 aliphatic carbocycles. The minimum atomic E-state index is -0.281. The third-order valence-corrected chi connectivity index (χ3v) is 2.09. The molecular formula is C10H20N2O. The minimum Gasteiger partial charge on any atom is -0.366 e. The first-order chi connectivity index (χ1) is 6.13. The summed E-state index contributed by atoms with van der Waals surface area (Å²) in [5.41, 5.74) is 7.12. The minimum absolute atomic E-state index is 0.281.